The van der Waals surface area contributed by atoms with Crippen molar-refractivity contribution < 1.29 is 9.26 Å². The highest BCUT2D eigenvalue weighted by atomic mass is 16.5. The standard InChI is InChI=1S/C14H27N3O2/c1-9(2)12(18-5)13-16-14(19-17-13)10(3)7-6-8-11(4)15/h9-12H,6-8,15H2,1-5H3. The third kappa shape index (κ3) is 4.91. The van der Waals surface area contributed by atoms with Gasteiger partial charge in [-0.05, 0) is 25.7 Å². The second kappa shape index (κ2) is 7.60. The van der Waals surface area contributed by atoms with Gasteiger partial charge >= 0.3 is 0 Å². The highest BCUT2D eigenvalue weighted by molar-refractivity contribution is 4.96. The van der Waals surface area contributed by atoms with E-state index in [-0.39, 0.29) is 18.1 Å². The molecule has 2 N–H and O–H groups in total. The molecule has 0 fully saturated rings. The molecule has 5 nitrogen and oxygen atoms in total. The Labute approximate surface area is 115 Å². The maximum Gasteiger partial charge on any atom is 0.229 e. The van der Waals surface area contributed by atoms with Crippen LogP contribution >= 0.6 is 0 Å². The van der Waals surface area contributed by atoms with Gasteiger partial charge in [0, 0.05) is 19.1 Å². The monoisotopic (exact) mass is 269 g/mol. The van der Waals surface area contributed by atoms with Crippen molar-refractivity contribution in [3.05, 3.63) is 11.7 Å². The Morgan fingerprint density at radius 3 is 2.42 bits per heavy atom. The lowest BCUT2D eigenvalue weighted by Crippen LogP contribution is -2.14. The minimum absolute atomic E-state index is 0.103. The van der Waals surface area contributed by atoms with Crippen LogP contribution in [0.2, 0.25) is 0 Å². The third-order valence-corrected chi connectivity index (χ3v) is 3.29. The van der Waals surface area contributed by atoms with Crippen LogP contribution in [0.15, 0.2) is 4.52 Å². The van der Waals surface area contributed by atoms with Crippen molar-refractivity contribution >= 4 is 0 Å². The summed E-state index contributed by atoms with van der Waals surface area (Å²) in [6.45, 7) is 8.30. The van der Waals surface area contributed by atoms with Gasteiger partial charge in [-0.2, -0.15) is 4.98 Å². The van der Waals surface area contributed by atoms with Gasteiger partial charge in [-0.15, -0.1) is 0 Å². The summed E-state index contributed by atoms with van der Waals surface area (Å²) >= 11 is 0. The topological polar surface area (TPSA) is 74.2 Å². The fourth-order valence-corrected chi connectivity index (χ4v) is 2.11. The number of rotatable bonds is 8. The molecule has 0 saturated heterocycles. The lowest BCUT2D eigenvalue weighted by Gasteiger charge is -2.14. The fraction of sp³-hybridized carbons (Fsp3) is 0.857. The van der Waals surface area contributed by atoms with E-state index in [1.807, 2.05) is 6.92 Å². The van der Waals surface area contributed by atoms with E-state index < -0.39 is 0 Å². The molecule has 0 aliphatic carbocycles. The van der Waals surface area contributed by atoms with Crippen LogP contribution in [-0.4, -0.2) is 23.3 Å². The van der Waals surface area contributed by atoms with Crippen LogP contribution in [0.1, 0.15) is 70.7 Å². The van der Waals surface area contributed by atoms with Crippen LogP contribution in [0.4, 0.5) is 0 Å². The van der Waals surface area contributed by atoms with Crippen molar-refractivity contribution in [2.45, 2.75) is 65.0 Å². The van der Waals surface area contributed by atoms with E-state index in [0.29, 0.717) is 17.6 Å². The largest absolute Gasteiger partial charge is 0.373 e. The van der Waals surface area contributed by atoms with Crippen molar-refractivity contribution in [3.63, 3.8) is 0 Å². The van der Waals surface area contributed by atoms with Crippen LogP contribution in [0.5, 0.6) is 0 Å². The van der Waals surface area contributed by atoms with Gasteiger partial charge in [0.15, 0.2) is 0 Å². The Hall–Kier alpha value is -0.940. The van der Waals surface area contributed by atoms with E-state index >= 15 is 0 Å². The van der Waals surface area contributed by atoms with Crippen molar-refractivity contribution in [2.75, 3.05) is 7.11 Å². The van der Waals surface area contributed by atoms with E-state index in [2.05, 4.69) is 30.9 Å². The van der Waals surface area contributed by atoms with Gasteiger partial charge in [-0.25, -0.2) is 0 Å². The van der Waals surface area contributed by atoms with Crippen LogP contribution < -0.4 is 5.73 Å². The number of hydrogen-bond donors (Lipinski definition) is 1. The minimum atomic E-state index is -0.103. The molecule has 0 bridgehead atoms. The number of methoxy groups -OCH3 is 1. The number of ether oxygens (including phenoxy) is 1. The smallest absolute Gasteiger partial charge is 0.229 e. The van der Waals surface area contributed by atoms with Gasteiger partial charge in [0.1, 0.15) is 6.10 Å². The molecule has 0 aromatic carbocycles. The summed E-state index contributed by atoms with van der Waals surface area (Å²) in [5.74, 6) is 1.93. The van der Waals surface area contributed by atoms with Crippen LogP contribution in [-0.2, 0) is 4.74 Å². The normalized spacial score (nSPS) is 16.6. The van der Waals surface area contributed by atoms with E-state index in [0.717, 1.165) is 19.3 Å². The molecule has 110 valence electrons. The quantitative estimate of drug-likeness (QED) is 0.785. The molecule has 0 aliphatic rings. The summed E-state index contributed by atoms with van der Waals surface area (Å²) in [6, 6.07) is 0.254. The van der Waals surface area contributed by atoms with Gasteiger partial charge in [0.25, 0.3) is 0 Å². The van der Waals surface area contributed by atoms with E-state index in [1.54, 1.807) is 7.11 Å². The van der Waals surface area contributed by atoms with Crippen LogP contribution in [0.3, 0.4) is 0 Å². The van der Waals surface area contributed by atoms with E-state index in [9.17, 15) is 0 Å². The summed E-state index contributed by atoms with van der Waals surface area (Å²) in [5.41, 5.74) is 5.74. The Morgan fingerprint density at radius 2 is 1.89 bits per heavy atom. The second-order valence-corrected chi connectivity index (χ2v) is 5.70. The molecule has 0 saturated carbocycles. The molecule has 1 heterocycles. The molecule has 0 spiro atoms. The lowest BCUT2D eigenvalue weighted by atomic mass is 10.0. The Bertz CT molecular complexity index is 363. The molecule has 0 amide bonds. The molecular weight excluding hydrogens is 242 g/mol. The first-order valence-electron chi connectivity index (χ1n) is 7.07. The zero-order chi connectivity index (χ0) is 14.4. The molecular formula is C14H27N3O2. The predicted octanol–water partition coefficient (Wildman–Crippen LogP) is 3.03. The number of aromatic nitrogens is 2. The lowest BCUT2D eigenvalue weighted by molar-refractivity contribution is 0.0555. The molecule has 3 unspecified atom stereocenters. The third-order valence-electron chi connectivity index (χ3n) is 3.29. The summed E-state index contributed by atoms with van der Waals surface area (Å²) in [4.78, 5) is 4.47. The van der Waals surface area contributed by atoms with Crippen LogP contribution in [0.25, 0.3) is 0 Å². The molecule has 0 radical (unpaired) electrons. The average molecular weight is 269 g/mol. The molecule has 1 aromatic rings. The van der Waals surface area contributed by atoms with E-state index in [1.165, 1.54) is 0 Å². The van der Waals surface area contributed by atoms with Crippen molar-refractivity contribution in [3.8, 4) is 0 Å². The Kier molecular flexibility index (Phi) is 6.45. The molecule has 5 heteroatoms. The van der Waals surface area contributed by atoms with Gasteiger partial charge in [-0.1, -0.05) is 32.3 Å². The van der Waals surface area contributed by atoms with Crippen molar-refractivity contribution in [1.29, 1.82) is 0 Å². The maximum atomic E-state index is 5.74. The molecule has 3 atom stereocenters. The number of nitrogens with two attached hydrogens (primary N) is 1. The highest BCUT2D eigenvalue weighted by Gasteiger charge is 2.23. The summed E-state index contributed by atoms with van der Waals surface area (Å²) in [6.07, 6.45) is 3.02. The van der Waals surface area contributed by atoms with Gasteiger partial charge in [-0.3, -0.25) is 0 Å². The van der Waals surface area contributed by atoms with Crippen molar-refractivity contribution in [2.24, 2.45) is 11.7 Å². The number of nitrogens with zero attached hydrogens (tertiary/aromatic N) is 2. The highest BCUT2D eigenvalue weighted by Crippen LogP contribution is 2.26. The van der Waals surface area contributed by atoms with Crippen molar-refractivity contribution in [1.82, 2.24) is 10.1 Å². The second-order valence-electron chi connectivity index (χ2n) is 5.70. The van der Waals surface area contributed by atoms with Gasteiger partial charge in [0.05, 0.1) is 0 Å². The zero-order valence-corrected chi connectivity index (χ0v) is 12.7. The van der Waals surface area contributed by atoms with Gasteiger partial charge in [0.2, 0.25) is 11.7 Å². The maximum absolute atomic E-state index is 5.74. The fourth-order valence-electron chi connectivity index (χ4n) is 2.11. The predicted molar refractivity (Wildman–Crippen MR) is 74.8 cm³/mol. The first-order chi connectivity index (χ1) is 8.95. The summed E-state index contributed by atoms with van der Waals surface area (Å²) in [7, 11) is 1.67. The Balaban J connectivity index is 2.58. The SMILES string of the molecule is COC(c1noc(C(C)CCCC(C)N)n1)C(C)C. The molecule has 1 rings (SSSR count). The average Bonchev–Trinajstić information content (AvgIpc) is 2.78. The van der Waals surface area contributed by atoms with Gasteiger partial charge < -0.3 is 15.0 Å². The van der Waals surface area contributed by atoms with Crippen LogP contribution in [0, 0.1) is 5.92 Å². The first-order valence-corrected chi connectivity index (χ1v) is 7.07. The summed E-state index contributed by atoms with van der Waals surface area (Å²) < 4.78 is 10.7. The molecule has 19 heavy (non-hydrogen) atoms. The number of hydrogen-bond acceptors (Lipinski definition) is 5. The zero-order valence-electron chi connectivity index (χ0n) is 12.7. The summed E-state index contributed by atoms with van der Waals surface area (Å²) in [5, 5.41) is 4.04. The Morgan fingerprint density at radius 1 is 1.21 bits per heavy atom. The first kappa shape index (κ1) is 16.1. The molecule has 0 aliphatic heterocycles. The van der Waals surface area contributed by atoms with E-state index in [4.69, 9.17) is 15.0 Å². The minimum Gasteiger partial charge on any atom is -0.373 e. The molecule has 1 aromatic heterocycles.